The molecule has 0 saturated carbocycles. The Morgan fingerprint density at radius 2 is 1.95 bits per heavy atom. The number of fused-ring (bicyclic) bond motifs is 1. The van der Waals surface area contributed by atoms with Crippen LogP contribution < -0.4 is 10.5 Å². The molecule has 0 atom stereocenters. The van der Waals surface area contributed by atoms with Crippen LogP contribution in [0.1, 0.15) is 5.56 Å². The van der Waals surface area contributed by atoms with Crippen molar-refractivity contribution in [1.29, 1.82) is 5.26 Å². The largest absolute Gasteiger partial charge is 0.417 e. The summed E-state index contributed by atoms with van der Waals surface area (Å²) in [4.78, 5) is 13.4. The molecule has 3 rings (SSSR count). The maximum absolute atomic E-state index is 12.4. The quantitative estimate of drug-likeness (QED) is 0.764. The van der Waals surface area contributed by atoms with Crippen LogP contribution in [0, 0.1) is 11.3 Å². The van der Waals surface area contributed by atoms with Crippen molar-refractivity contribution >= 4 is 26.8 Å². The smallest absolute Gasteiger partial charge is 0.408 e. The highest BCUT2D eigenvalue weighted by Crippen LogP contribution is 2.21. The number of nitrogens with zero attached hydrogens (tertiary/aromatic N) is 1. The number of benzene rings is 2. The van der Waals surface area contributed by atoms with Gasteiger partial charge in [0.25, 0.3) is 10.0 Å². The van der Waals surface area contributed by atoms with Crippen molar-refractivity contribution in [3.63, 3.8) is 0 Å². The lowest BCUT2D eigenvalue weighted by Crippen LogP contribution is -2.13. The van der Waals surface area contributed by atoms with Crippen molar-refractivity contribution in [1.82, 2.24) is 4.98 Å². The van der Waals surface area contributed by atoms with Crippen LogP contribution in [-0.4, -0.2) is 13.4 Å². The molecule has 0 amide bonds. The van der Waals surface area contributed by atoms with Gasteiger partial charge >= 0.3 is 5.76 Å². The number of nitrogens with one attached hydrogen (secondary N) is 2. The number of hydrogen-bond acceptors (Lipinski definition) is 5. The van der Waals surface area contributed by atoms with Crippen LogP contribution in [0.25, 0.3) is 11.1 Å². The summed E-state index contributed by atoms with van der Waals surface area (Å²) in [6.07, 6.45) is 0. The van der Waals surface area contributed by atoms with Crippen LogP contribution in [0.5, 0.6) is 0 Å². The van der Waals surface area contributed by atoms with E-state index in [2.05, 4.69) is 9.71 Å². The van der Waals surface area contributed by atoms with Crippen LogP contribution in [-0.2, 0) is 10.0 Å². The van der Waals surface area contributed by atoms with E-state index in [1.54, 1.807) is 12.1 Å². The van der Waals surface area contributed by atoms with Crippen molar-refractivity contribution in [2.24, 2.45) is 0 Å². The van der Waals surface area contributed by atoms with E-state index in [0.29, 0.717) is 0 Å². The lowest BCUT2D eigenvalue weighted by molar-refractivity contribution is 0.555. The third-order valence-electron chi connectivity index (χ3n) is 2.99. The topological polar surface area (TPSA) is 116 Å². The highest BCUT2D eigenvalue weighted by Gasteiger charge is 2.17. The molecule has 3 aromatic rings. The first kappa shape index (κ1) is 13.9. The molecule has 1 aromatic heterocycles. The summed E-state index contributed by atoms with van der Waals surface area (Å²) in [6.45, 7) is 0. The molecule has 7 nitrogen and oxygen atoms in total. The Balaban J connectivity index is 2.04. The molecule has 0 radical (unpaired) electrons. The average molecular weight is 315 g/mol. The molecule has 22 heavy (non-hydrogen) atoms. The summed E-state index contributed by atoms with van der Waals surface area (Å²) in [5, 5.41) is 8.99. The second-order valence-electron chi connectivity index (χ2n) is 4.44. The Bertz CT molecular complexity index is 1060. The molecule has 0 aliphatic rings. The Labute approximate surface area is 124 Å². The minimum atomic E-state index is -3.89. The van der Waals surface area contributed by atoms with Gasteiger partial charge in [-0.25, -0.2) is 13.2 Å². The second-order valence-corrected chi connectivity index (χ2v) is 6.12. The number of aromatic amines is 1. The number of nitriles is 1. The Kier molecular flexibility index (Phi) is 3.19. The molecule has 0 aliphatic heterocycles. The van der Waals surface area contributed by atoms with Gasteiger partial charge in [-0.15, -0.1) is 0 Å². The molecule has 0 saturated heterocycles. The van der Waals surface area contributed by atoms with E-state index < -0.39 is 15.8 Å². The first-order chi connectivity index (χ1) is 10.5. The number of hydrogen-bond donors (Lipinski definition) is 2. The van der Waals surface area contributed by atoms with E-state index in [1.807, 2.05) is 6.07 Å². The van der Waals surface area contributed by atoms with E-state index in [-0.39, 0.29) is 27.2 Å². The third-order valence-corrected chi connectivity index (χ3v) is 4.36. The van der Waals surface area contributed by atoms with E-state index in [0.717, 1.165) is 0 Å². The minimum absolute atomic E-state index is 0.0511. The number of sulfonamides is 1. The molecule has 110 valence electrons. The molecule has 0 spiro atoms. The fourth-order valence-electron chi connectivity index (χ4n) is 1.97. The summed E-state index contributed by atoms with van der Waals surface area (Å²) in [7, 11) is -3.89. The molecule has 2 aromatic carbocycles. The average Bonchev–Trinajstić information content (AvgIpc) is 2.86. The predicted molar refractivity (Wildman–Crippen MR) is 78.8 cm³/mol. The predicted octanol–water partition coefficient (Wildman–Crippen LogP) is 1.79. The zero-order valence-electron chi connectivity index (χ0n) is 11.0. The maximum atomic E-state index is 12.4. The molecular formula is C14H9N3O4S. The molecule has 0 aliphatic carbocycles. The van der Waals surface area contributed by atoms with Gasteiger partial charge in [-0.1, -0.05) is 12.1 Å². The van der Waals surface area contributed by atoms with Gasteiger partial charge in [-0.05, 0) is 30.3 Å². The van der Waals surface area contributed by atoms with Crippen LogP contribution >= 0.6 is 0 Å². The van der Waals surface area contributed by atoms with Gasteiger partial charge in [-0.3, -0.25) is 9.71 Å². The van der Waals surface area contributed by atoms with Gasteiger partial charge in [0.1, 0.15) is 6.07 Å². The molecule has 1 heterocycles. The molecule has 0 fully saturated rings. The van der Waals surface area contributed by atoms with Gasteiger partial charge in [0.15, 0.2) is 5.58 Å². The Hall–Kier alpha value is -3.05. The van der Waals surface area contributed by atoms with Crippen molar-refractivity contribution in [3.05, 3.63) is 58.6 Å². The van der Waals surface area contributed by atoms with E-state index >= 15 is 0 Å². The Morgan fingerprint density at radius 1 is 1.18 bits per heavy atom. The number of H-pyrrole nitrogens is 1. The lowest BCUT2D eigenvalue weighted by atomic mass is 10.2. The van der Waals surface area contributed by atoms with Gasteiger partial charge < -0.3 is 4.42 Å². The van der Waals surface area contributed by atoms with Crippen molar-refractivity contribution in [2.45, 2.75) is 4.90 Å². The van der Waals surface area contributed by atoms with E-state index in [1.165, 1.54) is 30.3 Å². The Morgan fingerprint density at radius 3 is 2.73 bits per heavy atom. The van der Waals surface area contributed by atoms with Gasteiger partial charge in [0.2, 0.25) is 0 Å². The number of para-hydroxylation sites is 1. The molecular weight excluding hydrogens is 306 g/mol. The van der Waals surface area contributed by atoms with Crippen LogP contribution in [0.4, 0.5) is 5.69 Å². The van der Waals surface area contributed by atoms with Gasteiger partial charge in [0.05, 0.1) is 21.7 Å². The lowest BCUT2D eigenvalue weighted by Gasteiger charge is -2.09. The number of rotatable bonds is 3. The zero-order chi connectivity index (χ0) is 15.7. The molecule has 0 unspecified atom stereocenters. The number of oxazole rings is 1. The van der Waals surface area contributed by atoms with Gasteiger partial charge in [0, 0.05) is 0 Å². The van der Waals surface area contributed by atoms with E-state index in [9.17, 15) is 13.2 Å². The summed E-state index contributed by atoms with van der Waals surface area (Å²) in [5.74, 6) is -0.660. The van der Waals surface area contributed by atoms with Crippen molar-refractivity contribution in [2.75, 3.05) is 4.72 Å². The fraction of sp³-hybridized carbons (Fsp3) is 0. The first-order valence-electron chi connectivity index (χ1n) is 6.14. The zero-order valence-corrected chi connectivity index (χ0v) is 11.8. The minimum Gasteiger partial charge on any atom is -0.408 e. The normalized spacial score (nSPS) is 11.2. The summed E-state index contributed by atoms with van der Waals surface area (Å²) in [5.41, 5.74) is 0.942. The van der Waals surface area contributed by atoms with Crippen LogP contribution in [0.15, 0.2) is 56.6 Å². The summed E-state index contributed by atoms with van der Waals surface area (Å²) < 4.78 is 31.9. The highest BCUT2D eigenvalue weighted by atomic mass is 32.2. The molecule has 0 bridgehead atoms. The van der Waals surface area contributed by atoms with Crippen LogP contribution in [0.2, 0.25) is 0 Å². The molecule has 8 heteroatoms. The number of anilines is 1. The first-order valence-corrected chi connectivity index (χ1v) is 7.63. The number of aromatic nitrogens is 1. The van der Waals surface area contributed by atoms with Crippen molar-refractivity contribution in [3.8, 4) is 6.07 Å². The fourth-order valence-corrected chi connectivity index (χ4v) is 3.08. The summed E-state index contributed by atoms with van der Waals surface area (Å²) in [6, 6.07) is 12.2. The van der Waals surface area contributed by atoms with Gasteiger partial charge in [-0.2, -0.15) is 5.26 Å². The maximum Gasteiger partial charge on any atom is 0.417 e. The van der Waals surface area contributed by atoms with E-state index in [4.69, 9.17) is 9.68 Å². The monoisotopic (exact) mass is 315 g/mol. The standard InChI is InChI=1S/C14H9N3O4S/c15-8-9-3-1-2-4-11(9)17-22(19,20)10-5-6-13-12(7-10)16-14(18)21-13/h1-7,17H,(H,16,18). The summed E-state index contributed by atoms with van der Waals surface area (Å²) >= 11 is 0. The molecule has 2 N–H and O–H groups in total. The highest BCUT2D eigenvalue weighted by molar-refractivity contribution is 7.92. The second kappa shape index (κ2) is 5.05. The van der Waals surface area contributed by atoms with Crippen molar-refractivity contribution < 1.29 is 12.8 Å². The third kappa shape index (κ3) is 2.45. The SMILES string of the molecule is N#Cc1ccccc1NS(=O)(=O)c1ccc2oc(=O)[nH]c2c1. The van der Waals surface area contributed by atoms with Crippen LogP contribution in [0.3, 0.4) is 0 Å².